The van der Waals surface area contributed by atoms with E-state index >= 15 is 0 Å². The summed E-state index contributed by atoms with van der Waals surface area (Å²) in [7, 11) is -6.76. The van der Waals surface area contributed by atoms with Crippen molar-refractivity contribution >= 4 is 19.7 Å². The normalized spacial score (nSPS) is 14.2. The number of rotatable bonds is 8. The van der Waals surface area contributed by atoms with Crippen molar-refractivity contribution in [3.63, 3.8) is 0 Å². The van der Waals surface area contributed by atoms with Gasteiger partial charge in [-0.15, -0.1) is 0 Å². The quantitative estimate of drug-likeness (QED) is 0.480. The summed E-state index contributed by atoms with van der Waals surface area (Å²) in [6.07, 6.45) is 1.18. The third-order valence-corrected chi connectivity index (χ3v) is 8.65. The van der Waals surface area contributed by atoms with Crippen molar-refractivity contribution in [3.05, 3.63) is 89.0 Å². The number of hydrogen-bond acceptors (Lipinski definition) is 6. The minimum absolute atomic E-state index is 0.0381. The largest absolute Gasteiger partial charge is 0.488 e. The van der Waals surface area contributed by atoms with Crippen molar-refractivity contribution in [1.82, 2.24) is 4.90 Å². The maximum atomic E-state index is 12.5. The lowest BCUT2D eigenvalue weighted by atomic mass is 10.1. The second-order valence-corrected chi connectivity index (χ2v) is 12.6. The van der Waals surface area contributed by atoms with Crippen LogP contribution < -0.4 is 4.74 Å². The first kappa shape index (κ1) is 23.5. The van der Waals surface area contributed by atoms with Gasteiger partial charge in [-0.2, -0.15) is 0 Å². The SMILES string of the molecule is CCS(=O)(=O)c1ccc(COc2ccc(CN3Cc4ccccc4C3)cc2S(C)(=O)=O)cc1. The molecule has 3 aromatic carbocycles. The molecule has 1 aliphatic rings. The Balaban J connectivity index is 1.48. The van der Waals surface area contributed by atoms with Crippen molar-refractivity contribution < 1.29 is 21.6 Å². The highest BCUT2D eigenvalue weighted by molar-refractivity contribution is 7.91. The third-order valence-electron chi connectivity index (χ3n) is 5.78. The average molecular weight is 486 g/mol. The zero-order valence-electron chi connectivity index (χ0n) is 18.7. The van der Waals surface area contributed by atoms with Crippen molar-refractivity contribution in [2.75, 3.05) is 12.0 Å². The minimum atomic E-state index is -3.50. The average Bonchev–Trinajstić information content (AvgIpc) is 3.20. The van der Waals surface area contributed by atoms with E-state index in [1.54, 1.807) is 43.3 Å². The lowest BCUT2D eigenvalue weighted by Crippen LogP contribution is -2.16. The number of ether oxygens (including phenoxy) is 1. The van der Waals surface area contributed by atoms with Crippen LogP contribution >= 0.6 is 0 Å². The first-order valence-corrected chi connectivity index (χ1v) is 14.3. The van der Waals surface area contributed by atoms with Crippen LogP contribution in [0.4, 0.5) is 0 Å². The Morgan fingerprint density at radius 3 is 2.03 bits per heavy atom. The molecule has 4 rings (SSSR count). The van der Waals surface area contributed by atoms with Gasteiger partial charge in [0.15, 0.2) is 19.7 Å². The van der Waals surface area contributed by atoms with E-state index in [0.29, 0.717) is 6.54 Å². The van der Waals surface area contributed by atoms with Crippen LogP contribution in [0.15, 0.2) is 76.5 Å². The standard InChI is InChI=1S/C25H27NO5S2/c1-3-33(29,30)23-11-8-19(9-12-23)18-31-24-13-10-20(14-25(24)32(2,27)28)15-26-16-21-6-4-5-7-22(21)17-26/h4-14H,3,15-18H2,1-2H3. The highest BCUT2D eigenvalue weighted by Gasteiger charge is 2.21. The van der Waals surface area contributed by atoms with Crippen LogP contribution in [0.25, 0.3) is 0 Å². The molecule has 0 aliphatic carbocycles. The molecule has 1 heterocycles. The maximum Gasteiger partial charge on any atom is 0.179 e. The maximum absolute atomic E-state index is 12.5. The zero-order valence-corrected chi connectivity index (χ0v) is 20.3. The number of fused-ring (bicyclic) bond motifs is 1. The minimum Gasteiger partial charge on any atom is -0.488 e. The second kappa shape index (κ2) is 9.29. The topological polar surface area (TPSA) is 80.8 Å². The van der Waals surface area contributed by atoms with Crippen LogP contribution in [0.5, 0.6) is 5.75 Å². The fourth-order valence-electron chi connectivity index (χ4n) is 3.95. The Morgan fingerprint density at radius 1 is 0.848 bits per heavy atom. The monoisotopic (exact) mass is 485 g/mol. The van der Waals surface area contributed by atoms with E-state index in [1.807, 2.05) is 18.2 Å². The lowest BCUT2D eigenvalue weighted by Gasteiger charge is -2.17. The summed E-state index contributed by atoms with van der Waals surface area (Å²) >= 11 is 0. The van der Waals surface area contributed by atoms with Gasteiger partial charge in [0.25, 0.3) is 0 Å². The molecule has 6 nitrogen and oxygen atoms in total. The molecule has 0 saturated carbocycles. The Bertz CT molecular complexity index is 1340. The van der Waals surface area contributed by atoms with E-state index in [0.717, 1.165) is 24.2 Å². The van der Waals surface area contributed by atoms with Crippen molar-refractivity contribution in [2.24, 2.45) is 0 Å². The van der Waals surface area contributed by atoms with Gasteiger partial charge >= 0.3 is 0 Å². The molecule has 0 aromatic heterocycles. The van der Waals surface area contributed by atoms with Crippen molar-refractivity contribution in [2.45, 2.75) is 43.0 Å². The number of hydrogen-bond donors (Lipinski definition) is 0. The molecule has 1 aliphatic heterocycles. The summed E-state index contributed by atoms with van der Waals surface area (Å²) in [5.41, 5.74) is 4.27. The lowest BCUT2D eigenvalue weighted by molar-refractivity contribution is 0.274. The van der Waals surface area contributed by atoms with Crippen LogP contribution in [0.2, 0.25) is 0 Å². The smallest absolute Gasteiger partial charge is 0.179 e. The van der Waals surface area contributed by atoms with Gasteiger partial charge < -0.3 is 4.74 Å². The third kappa shape index (κ3) is 5.46. The first-order valence-electron chi connectivity index (χ1n) is 10.7. The predicted octanol–water partition coefficient (Wildman–Crippen LogP) is 3.98. The zero-order chi connectivity index (χ0) is 23.6. The molecule has 0 radical (unpaired) electrons. The summed E-state index contributed by atoms with van der Waals surface area (Å²) in [5.74, 6) is 0.326. The highest BCUT2D eigenvalue weighted by Crippen LogP contribution is 2.29. The number of benzene rings is 3. The molecule has 0 amide bonds. The van der Waals surface area contributed by atoms with Crippen LogP contribution in [0.1, 0.15) is 29.2 Å². The van der Waals surface area contributed by atoms with E-state index in [1.165, 1.54) is 17.4 Å². The van der Waals surface area contributed by atoms with Gasteiger partial charge in [0.05, 0.1) is 10.6 Å². The Labute approximate surface area is 195 Å². The van der Waals surface area contributed by atoms with E-state index in [2.05, 4.69) is 17.0 Å². The van der Waals surface area contributed by atoms with Crippen LogP contribution in [0.3, 0.4) is 0 Å². The van der Waals surface area contributed by atoms with Crippen molar-refractivity contribution in [1.29, 1.82) is 0 Å². The van der Waals surface area contributed by atoms with Gasteiger partial charge in [-0.1, -0.05) is 49.4 Å². The van der Waals surface area contributed by atoms with Gasteiger partial charge in [-0.3, -0.25) is 4.90 Å². The molecular formula is C25H27NO5S2. The Morgan fingerprint density at radius 2 is 1.45 bits per heavy atom. The van der Waals surface area contributed by atoms with E-state index in [4.69, 9.17) is 4.74 Å². The van der Waals surface area contributed by atoms with Crippen LogP contribution in [-0.4, -0.2) is 33.7 Å². The highest BCUT2D eigenvalue weighted by atomic mass is 32.2. The summed E-state index contributed by atoms with van der Waals surface area (Å²) in [5, 5.41) is 0. The molecule has 0 unspecified atom stereocenters. The summed E-state index contributed by atoms with van der Waals surface area (Å²) in [6.45, 7) is 4.06. The molecule has 0 spiro atoms. The summed E-state index contributed by atoms with van der Waals surface area (Å²) in [4.78, 5) is 2.69. The van der Waals surface area contributed by atoms with Gasteiger partial charge in [-0.05, 0) is 46.5 Å². The first-order chi connectivity index (χ1) is 15.7. The second-order valence-electron chi connectivity index (χ2n) is 8.30. The fraction of sp³-hybridized carbons (Fsp3) is 0.280. The fourth-order valence-corrected chi connectivity index (χ4v) is 5.70. The number of nitrogens with zero attached hydrogens (tertiary/aromatic N) is 1. The van der Waals surface area contributed by atoms with E-state index in [-0.39, 0.29) is 27.9 Å². The molecule has 0 fully saturated rings. The molecule has 3 aromatic rings. The van der Waals surface area contributed by atoms with E-state index < -0.39 is 19.7 Å². The van der Waals surface area contributed by atoms with Gasteiger partial charge in [0, 0.05) is 25.9 Å². The molecule has 0 bridgehead atoms. The molecule has 33 heavy (non-hydrogen) atoms. The van der Waals surface area contributed by atoms with Crippen molar-refractivity contribution in [3.8, 4) is 5.75 Å². The molecule has 0 atom stereocenters. The predicted molar refractivity (Wildman–Crippen MR) is 127 cm³/mol. The molecular weight excluding hydrogens is 458 g/mol. The molecule has 0 N–H and O–H groups in total. The van der Waals surface area contributed by atoms with Gasteiger partial charge in [0.2, 0.25) is 0 Å². The summed E-state index contributed by atoms with van der Waals surface area (Å²) < 4.78 is 54.7. The molecule has 174 valence electrons. The molecule has 8 heteroatoms. The van der Waals surface area contributed by atoms with E-state index in [9.17, 15) is 16.8 Å². The Hall–Kier alpha value is -2.68. The van der Waals surface area contributed by atoms with Crippen LogP contribution in [0, 0.1) is 0 Å². The Kier molecular flexibility index (Phi) is 6.61. The molecule has 0 saturated heterocycles. The summed E-state index contributed by atoms with van der Waals surface area (Å²) in [6, 6.07) is 20.1. The van der Waals surface area contributed by atoms with Crippen LogP contribution in [-0.2, 0) is 45.9 Å². The number of sulfone groups is 2. The van der Waals surface area contributed by atoms with Gasteiger partial charge in [-0.25, -0.2) is 16.8 Å². The van der Waals surface area contributed by atoms with Gasteiger partial charge in [0.1, 0.15) is 17.3 Å².